The van der Waals surface area contributed by atoms with E-state index in [0.29, 0.717) is 41.4 Å². The van der Waals surface area contributed by atoms with Crippen LogP contribution in [0.25, 0.3) is 0 Å². The van der Waals surface area contributed by atoms with E-state index in [1.807, 2.05) is 90.0 Å². The summed E-state index contributed by atoms with van der Waals surface area (Å²) in [7, 11) is 0. The van der Waals surface area contributed by atoms with Crippen molar-refractivity contribution >= 4 is 41.8 Å². The van der Waals surface area contributed by atoms with E-state index >= 15 is 0 Å². The maximum Gasteiger partial charge on any atom is 0.312 e. The molecule has 28 atom stereocenters. The predicted molar refractivity (Wildman–Crippen MR) is 490 cm³/mol. The predicted octanol–water partition coefficient (Wildman–Crippen LogP) is 27.6. The summed E-state index contributed by atoms with van der Waals surface area (Å²) in [6, 6.07) is 0. The smallest absolute Gasteiger partial charge is 0.312 e. The number of esters is 7. The van der Waals surface area contributed by atoms with Gasteiger partial charge in [-0.25, -0.2) is 0 Å². The van der Waals surface area contributed by atoms with E-state index in [9.17, 15) is 33.6 Å². The normalized spacial score (nSPS) is 39.9. The fourth-order valence-corrected chi connectivity index (χ4v) is 27.6. The highest BCUT2D eigenvalue weighted by Gasteiger charge is 2.64. The second-order valence-corrected chi connectivity index (χ2v) is 48.0. The molecule has 700 valence electrons. The van der Waals surface area contributed by atoms with Gasteiger partial charge in [0, 0.05) is 23.7 Å². The molecule has 0 aliphatic heterocycles. The Bertz CT molecular complexity index is 3480. The van der Waals surface area contributed by atoms with Gasteiger partial charge in [-0.05, 0) is 411 Å². The third-order valence-corrected chi connectivity index (χ3v) is 38.2. The molecule has 16 aliphatic rings. The maximum absolute atomic E-state index is 12.4. The van der Waals surface area contributed by atoms with Crippen LogP contribution in [0.2, 0.25) is 0 Å². The summed E-state index contributed by atoms with van der Waals surface area (Å²) >= 11 is 0. The van der Waals surface area contributed by atoms with E-state index < -0.39 is 0 Å². The molecule has 16 rings (SSSR count). The molecule has 28 unspecified atom stereocenters. The van der Waals surface area contributed by atoms with Crippen LogP contribution in [0.5, 0.6) is 0 Å². The standard InChI is InChI=1S/C17H28O2.C17H30O2.C16H26O2.C16H28O2.C15H26O2.C14H24O2.C13H22O2/c1-5-16(2,3)15(18)19-17(4)10-11-9-14(17)13-8-6-7-12(11)13;1-5-16(2,3)15(18)19-17(4)12-8-10-13-9-6-7-11-14(13)17;1-4-10(2)15(17)18-16(3)9-11-8-14(16)13-7-5-6-12(11)13;1-4-12(2)15(17)18-16(3)11-7-9-13-8-5-6-10-14(13)16;1-5-14(3,4)13(16)17-15(6-2)10-11-7-8-12(15)9-11;1-5-13(2,3)12(15)16-14(4)9-10-6-7-11(14)8-10;1-4-9(2)12(14)15-13(3)8-10-5-6-11(13)7-10/h11-14H,5-10H2,1-4H3;13-14H,5-12H2,1-4H3;10-14H,4-9H2,1-3H3;12-14H,4-11H2,1-3H3;11-12H,5-10H2,1-4H3;10-11H,5-9H2,1-4H3;9-11H,4-8H2,1-3H3. The molecule has 0 spiro atoms. The van der Waals surface area contributed by atoms with E-state index in [-0.39, 0.29) is 120 Å². The van der Waals surface area contributed by atoms with Crippen molar-refractivity contribution in [1.82, 2.24) is 0 Å². The Morgan fingerprint density at radius 2 is 0.590 bits per heavy atom. The van der Waals surface area contributed by atoms with Gasteiger partial charge < -0.3 is 33.2 Å². The van der Waals surface area contributed by atoms with Gasteiger partial charge in [-0.3, -0.25) is 33.6 Å². The molecule has 0 N–H and O–H groups in total. The quantitative estimate of drug-likeness (QED) is 0.0736. The fraction of sp³-hybridized carbons (Fsp3) is 0.935. The first-order valence-electron chi connectivity index (χ1n) is 51.9. The first kappa shape index (κ1) is 100. The van der Waals surface area contributed by atoms with Gasteiger partial charge in [0.05, 0.1) is 39.4 Å². The Labute approximate surface area is 745 Å². The minimum atomic E-state index is -0.343. The molecule has 16 saturated carbocycles. The molecule has 0 aromatic rings. The van der Waals surface area contributed by atoms with Crippen molar-refractivity contribution < 1.29 is 66.7 Å². The molecular formula is C108H184O14. The van der Waals surface area contributed by atoms with Crippen molar-refractivity contribution in [1.29, 1.82) is 0 Å². The summed E-state index contributed by atoms with van der Waals surface area (Å²) in [5, 5.41) is 0. The summed E-state index contributed by atoms with van der Waals surface area (Å²) in [6.07, 6.45) is 53.1. The summed E-state index contributed by atoms with van der Waals surface area (Å²) in [6.45, 7) is 51.5. The van der Waals surface area contributed by atoms with Crippen LogP contribution in [0.3, 0.4) is 0 Å². The van der Waals surface area contributed by atoms with Crippen LogP contribution >= 0.6 is 0 Å². The molecule has 14 heteroatoms. The SMILES string of the molecule is CCC(C)(C)C(=O)OC1(C)CC2CC1C1CCCC21.CCC(C)(C)C(=O)OC1(C)CC2CCC1C2.CCC(C)(C)C(=O)OC1(C)CCCC2CCCCC21.CCC(C)(C)C(=O)OC1(CC)CC2CCC1C2.CCC(C)C(=O)OC1(C)CC2CC1C1CCCC21.CCC(C)C(=O)OC1(C)CC2CCC1C2.CCC(C)C(=O)OC1(C)CCCC2CCCCC21. The number of ether oxygens (including phenoxy) is 7. The van der Waals surface area contributed by atoms with Gasteiger partial charge in [0.1, 0.15) is 39.2 Å². The van der Waals surface area contributed by atoms with E-state index in [4.69, 9.17) is 33.2 Å². The van der Waals surface area contributed by atoms with Crippen LogP contribution in [0.15, 0.2) is 0 Å². The van der Waals surface area contributed by atoms with Gasteiger partial charge in [-0.1, -0.05) is 128 Å². The number of rotatable bonds is 22. The molecule has 14 nitrogen and oxygen atoms in total. The zero-order chi connectivity index (χ0) is 89.7. The number of hydrogen-bond donors (Lipinski definition) is 0. The molecule has 122 heavy (non-hydrogen) atoms. The van der Waals surface area contributed by atoms with Gasteiger partial charge in [0.2, 0.25) is 0 Å². The lowest BCUT2D eigenvalue weighted by Crippen LogP contribution is -2.49. The van der Waals surface area contributed by atoms with Crippen molar-refractivity contribution in [3.05, 3.63) is 0 Å². The highest BCUT2D eigenvalue weighted by molar-refractivity contribution is 5.78. The summed E-state index contributed by atoms with van der Waals surface area (Å²) in [5.41, 5.74) is -2.44. The third-order valence-electron chi connectivity index (χ3n) is 38.2. The highest BCUT2D eigenvalue weighted by Crippen LogP contribution is 2.66. The van der Waals surface area contributed by atoms with Crippen LogP contribution in [-0.2, 0) is 66.7 Å². The molecule has 0 heterocycles. The molecule has 0 aromatic heterocycles. The topological polar surface area (TPSA) is 184 Å². The van der Waals surface area contributed by atoms with Crippen molar-refractivity contribution in [2.75, 3.05) is 0 Å². The average molecular weight is 1710 g/mol. The summed E-state index contributed by atoms with van der Waals surface area (Å²) < 4.78 is 41.6. The van der Waals surface area contributed by atoms with Crippen LogP contribution in [0, 0.1) is 146 Å². The minimum Gasteiger partial charge on any atom is -0.459 e. The van der Waals surface area contributed by atoms with Crippen LogP contribution < -0.4 is 0 Å². The Morgan fingerprint density at radius 3 is 0.934 bits per heavy atom. The largest absolute Gasteiger partial charge is 0.459 e. The Morgan fingerprint density at radius 1 is 0.287 bits per heavy atom. The molecule has 0 aromatic carbocycles. The van der Waals surface area contributed by atoms with Crippen molar-refractivity contribution in [2.45, 2.75) is 495 Å². The fourth-order valence-electron chi connectivity index (χ4n) is 27.6. The van der Waals surface area contributed by atoms with Crippen molar-refractivity contribution in [3.63, 3.8) is 0 Å². The number of carbonyl (C=O) groups excluding carboxylic acids is 7. The molecule has 10 bridgehead atoms. The summed E-state index contributed by atoms with van der Waals surface area (Å²) in [5.74, 6) is 14.0. The van der Waals surface area contributed by atoms with E-state index in [0.717, 1.165) is 161 Å². The highest BCUT2D eigenvalue weighted by atomic mass is 16.6. The van der Waals surface area contributed by atoms with Crippen LogP contribution in [0.4, 0.5) is 0 Å². The number of hydrogen-bond acceptors (Lipinski definition) is 14. The van der Waals surface area contributed by atoms with E-state index in [2.05, 4.69) is 83.1 Å². The second kappa shape index (κ2) is 40.8. The zero-order valence-electron chi connectivity index (χ0n) is 83.0. The first-order valence-corrected chi connectivity index (χ1v) is 51.9. The number of fused-ring (bicyclic) bond motifs is 18. The molecule has 0 saturated heterocycles. The Balaban J connectivity index is 0.000000149. The van der Waals surface area contributed by atoms with Crippen LogP contribution in [0.1, 0.15) is 456 Å². The minimum absolute atomic E-state index is 0.00345. The lowest BCUT2D eigenvalue weighted by atomic mass is 9.63. The Kier molecular flexibility index (Phi) is 33.5. The van der Waals surface area contributed by atoms with Gasteiger partial charge in [-0.2, -0.15) is 0 Å². The number of carbonyl (C=O) groups is 7. The van der Waals surface area contributed by atoms with Gasteiger partial charge >= 0.3 is 41.8 Å². The van der Waals surface area contributed by atoms with Gasteiger partial charge in [-0.15, -0.1) is 0 Å². The van der Waals surface area contributed by atoms with Gasteiger partial charge in [0.25, 0.3) is 0 Å². The lowest BCUT2D eigenvalue weighted by Gasteiger charge is -2.48. The molecular weight excluding hydrogens is 1520 g/mol. The second-order valence-electron chi connectivity index (χ2n) is 48.0. The van der Waals surface area contributed by atoms with E-state index in [1.165, 1.54) is 186 Å². The first-order chi connectivity index (χ1) is 57.2. The molecule has 16 aliphatic carbocycles. The molecule has 0 radical (unpaired) electrons. The maximum atomic E-state index is 12.4. The van der Waals surface area contributed by atoms with E-state index in [1.54, 1.807) is 0 Å². The third kappa shape index (κ3) is 22.5. The van der Waals surface area contributed by atoms with Gasteiger partial charge in [0.15, 0.2) is 0 Å². The Hall–Kier alpha value is -3.71. The molecule has 0 amide bonds. The van der Waals surface area contributed by atoms with Crippen molar-refractivity contribution in [3.8, 4) is 0 Å². The zero-order valence-corrected chi connectivity index (χ0v) is 83.0. The monoisotopic (exact) mass is 1710 g/mol. The summed E-state index contributed by atoms with van der Waals surface area (Å²) in [4.78, 5) is 85.2. The van der Waals surface area contributed by atoms with Crippen molar-refractivity contribution in [2.24, 2.45) is 146 Å². The molecule has 16 fully saturated rings. The van der Waals surface area contributed by atoms with Crippen LogP contribution in [-0.4, -0.2) is 81.0 Å². The average Bonchev–Trinajstić information content (AvgIpc) is 1.56. The lowest BCUT2D eigenvalue weighted by molar-refractivity contribution is -0.185.